The van der Waals surface area contributed by atoms with Crippen molar-refractivity contribution in [3.8, 4) is 0 Å². The number of imide groups is 3. The smallest absolute Gasteiger partial charge is 0.332 e. The lowest BCUT2D eigenvalue weighted by Crippen LogP contribution is -2.50. The van der Waals surface area contributed by atoms with Crippen molar-refractivity contribution >= 4 is 58.9 Å². The third kappa shape index (κ3) is 14.3. The fourth-order valence-corrected chi connectivity index (χ4v) is 3.81. The van der Waals surface area contributed by atoms with Gasteiger partial charge in [-0.05, 0) is 6.42 Å². The number of Topliss-reactive ketones (excluding diaryl/α,β-unsaturated/α-hetero) is 2. The normalized spacial score (nSPS) is 15.2. The minimum absolute atomic E-state index is 0.0155. The number of nitrogens with zero attached hydrogens (tertiary/aromatic N) is 3. The number of hydrogen-bond acceptors (Lipinski definition) is 11. The van der Waals surface area contributed by atoms with Crippen LogP contribution in [0.15, 0.2) is 24.3 Å². The molecule has 7 amide bonds. The van der Waals surface area contributed by atoms with Gasteiger partial charge in [0.2, 0.25) is 5.91 Å². The van der Waals surface area contributed by atoms with Crippen LogP contribution < -0.4 is 11.1 Å². The fourth-order valence-electron chi connectivity index (χ4n) is 3.81. The van der Waals surface area contributed by atoms with E-state index in [-0.39, 0.29) is 86.3 Å². The molecule has 0 unspecified atom stereocenters. The van der Waals surface area contributed by atoms with Crippen molar-refractivity contribution in [1.29, 1.82) is 0 Å². The molecule has 0 bridgehead atoms. The van der Waals surface area contributed by atoms with Crippen LogP contribution in [0.25, 0.3) is 0 Å². The zero-order valence-corrected chi connectivity index (χ0v) is 26.2. The first-order valence-electron chi connectivity index (χ1n) is 15.1. The van der Waals surface area contributed by atoms with Crippen molar-refractivity contribution in [3.63, 3.8) is 0 Å². The lowest BCUT2D eigenvalue weighted by molar-refractivity contribution is -0.368. The molecule has 16 heteroatoms. The lowest BCUT2D eigenvalue weighted by atomic mass is 10.1. The molecule has 16 nitrogen and oxygen atoms in total. The van der Waals surface area contributed by atoms with Crippen molar-refractivity contribution in [3.05, 3.63) is 24.3 Å². The average molecular weight is 649 g/mol. The van der Waals surface area contributed by atoms with Crippen LogP contribution in [-0.2, 0) is 52.8 Å². The highest BCUT2D eigenvalue weighted by Gasteiger charge is 2.32. The van der Waals surface area contributed by atoms with Gasteiger partial charge < -0.3 is 15.9 Å². The number of hydrogen-bond donors (Lipinski definition) is 2. The molecular formula is C30H42N5O11+. The van der Waals surface area contributed by atoms with Crippen molar-refractivity contribution in [2.45, 2.75) is 78.1 Å². The highest BCUT2D eigenvalue weighted by atomic mass is 16.7. The Labute approximate surface area is 266 Å². The number of amides is 7. The number of carbonyl (C=O) groups excluding carboxylic acids is 10. The third-order valence-electron chi connectivity index (χ3n) is 6.50. The summed E-state index contributed by atoms with van der Waals surface area (Å²) in [7, 11) is 0. The lowest BCUT2D eigenvalue weighted by Gasteiger charge is -2.12. The molecule has 0 radical (unpaired) electrons. The predicted octanol–water partition coefficient (Wildman–Crippen LogP) is -0.927. The molecule has 1 fully saturated rings. The van der Waals surface area contributed by atoms with E-state index in [4.69, 9.17) is 0 Å². The van der Waals surface area contributed by atoms with E-state index >= 15 is 0 Å². The van der Waals surface area contributed by atoms with E-state index in [1.165, 1.54) is 24.3 Å². The second kappa shape index (κ2) is 21.0. The first-order valence-corrected chi connectivity index (χ1v) is 15.1. The Morgan fingerprint density at radius 3 is 1.52 bits per heavy atom. The Morgan fingerprint density at radius 2 is 1.13 bits per heavy atom. The first-order chi connectivity index (χ1) is 21.8. The zero-order chi connectivity index (χ0) is 34.6. The van der Waals surface area contributed by atoms with E-state index in [1.54, 1.807) is 13.8 Å². The van der Waals surface area contributed by atoms with E-state index in [9.17, 15) is 47.9 Å². The summed E-state index contributed by atoms with van der Waals surface area (Å²) < 4.78 is 0. The predicted molar refractivity (Wildman–Crippen MR) is 158 cm³/mol. The van der Waals surface area contributed by atoms with Gasteiger partial charge in [-0.1, -0.05) is 13.8 Å². The molecule has 3 aliphatic heterocycles. The van der Waals surface area contributed by atoms with E-state index < -0.39 is 17.8 Å². The number of nitrogens with one attached hydrogen (secondary N) is 1. The monoisotopic (exact) mass is 648 g/mol. The van der Waals surface area contributed by atoms with Gasteiger partial charge in [-0.2, -0.15) is 0 Å². The SMILES string of the molecule is CCC(=O)NCCCC(=O)CCN1C(=O)C=CC1=O.CCC(=O)ON1C(=O)CCC1=O.[NH3+]CCCC(=O)CCN1C(=O)C=CC1=O. The van der Waals surface area contributed by atoms with Gasteiger partial charge in [0, 0.05) is 102 Å². The molecule has 4 N–H and O–H groups in total. The Hall–Kier alpha value is -4.86. The molecule has 3 heterocycles. The molecule has 3 aliphatic rings. The maximum Gasteiger partial charge on any atom is 0.332 e. The topological polar surface area (TPSA) is 229 Å². The standard InChI is InChI=1S/C13H18N2O4.C10H14N2O3.C7H9NO4/c1-2-11(17)14-8-3-4-10(16)7-9-15-12(18)5-6-13(15)19;11-6-1-2-8(13)5-7-12-9(14)3-4-10(12)15;1-2-7(11)12-8-5(9)3-4-6(8)10/h5-6H,2-4,7-9H2,1H3,(H,14,17);3-4H,1-2,5-7,11H2;2-4H2,1H3/p+1. The molecule has 46 heavy (non-hydrogen) atoms. The highest BCUT2D eigenvalue weighted by molar-refractivity contribution is 6.13. The Kier molecular flexibility index (Phi) is 17.9. The summed E-state index contributed by atoms with van der Waals surface area (Å²) in [6.07, 6.45) is 8.28. The highest BCUT2D eigenvalue weighted by Crippen LogP contribution is 2.12. The third-order valence-corrected chi connectivity index (χ3v) is 6.50. The second-order valence-corrected chi connectivity index (χ2v) is 10.1. The summed E-state index contributed by atoms with van der Waals surface area (Å²) in [5.74, 6) is -2.82. The minimum Gasteiger partial charge on any atom is -0.358 e. The van der Waals surface area contributed by atoms with Gasteiger partial charge in [0.05, 0.1) is 6.54 Å². The van der Waals surface area contributed by atoms with Crippen LogP contribution in [0.2, 0.25) is 0 Å². The summed E-state index contributed by atoms with van der Waals surface area (Å²) >= 11 is 0. The van der Waals surface area contributed by atoms with Crippen molar-refractivity contribution in [2.75, 3.05) is 26.2 Å². The molecule has 252 valence electrons. The van der Waals surface area contributed by atoms with Gasteiger partial charge in [-0.15, -0.1) is 5.06 Å². The van der Waals surface area contributed by atoms with Crippen LogP contribution in [-0.4, -0.2) is 99.9 Å². The molecule has 0 atom stereocenters. The minimum atomic E-state index is -0.571. The summed E-state index contributed by atoms with van der Waals surface area (Å²) in [5, 5.41) is 3.23. The van der Waals surface area contributed by atoms with Crippen LogP contribution in [0.5, 0.6) is 0 Å². The second-order valence-electron chi connectivity index (χ2n) is 10.1. The molecule has 3 rings (SSSR count). The molecule has 1 saturated heterocycles. The summed E-state index contributed by atoms with van der Waals surface area (Å²) in [5.41, 5.74) is 3.64. The van der Waals surface area contributed by atoms with Crippen LogP contribution in [0.4, 0.5) is 0 Å². The molecule has 0 aromatic carbocycles. The first kappa shape index (κ1) is 39.2. The summed E-state index contributed by atoms with van der Waals surface area (Å²) in [6, 6.07) is 0. The van der Waals surface area contributed by atoms with Crippen molar-refractivity contribution in [1.82, 2.24) is 20.2 Å². The largest absolute Gasteiger partial charge is 0.358 e. The van der Waals surface area contributed by atoms with E-state index in [0.717, 1.165) is 22.8 Å². The molecule has 0 spiro atoms. The Bertz CT molecular complexity index is 1210. The van der Waals surface area contributed by atoms with Crippen molar-refractivity contribution in [2.24, 2.45) is 0 Å². The van der Waals surface area contributed by atoms with Crippen LogP contribution in [0, 0.1) is 0 Å². The molecular weight excluding hydrogens is 606 g/mol. The molecule has 0 saturated carbocycles. The number of rotatable bonds is 16. The molecule has 0 aromatic rings. The summed E-state index contributed by atoms with van der Waals surface area (Å²) in [4.78, 5) is 117. The maximum atomic E-state index is 11.5. The number of quaternary nitrogens is 1. The van der Waals surface area contributed by atoms with Gasteiger partial charge in [0.25, 0.3) is 35.4 Å². The van der Waals surface area contributed by atoms with Crippen molar-refractivity contribution < 1.29 is 58.5 Å². The molecule has 0 aromatic heterocycles. The quantitative estimate of drug-likeness (QED) is 0.153. The van der Waals surface area contributed by atoms with E-state index in [1.807, 2.05) is 0 Å². The van der Waals surface area contributed by atoms with Gasteiger partial charge in [-0.25, -0.2) is 4.79 Å². The van der Waals surface area contributed by atoms with Gasteiger partial charge in [0.15, 0.2) is 0 Å². The van der Waals surface area contributed by atoms with E-state index in [2.05, 4.69) is 15.9 Å². The van der Waals surface area contributed by atoms with Crippen LogP contribution >= 0.6 is 0 Å². The van der Waals surface area contributed by atoms with Gasteiger partial charge >= 0.3 is 5.97 Å². The molecule has 0 aliphatic carbocycles. The maximum absolute atomic E-state index is 11.5. The number of hydroxylamine groups is 2. The number of carbonyl (C=O) groups is 10. The van der Waals surface area contributed by atoms with Gasteiger partial charge in [-0.3, -0.25) is 53.0 Å². The number of ketones is 2. The van der Waals surface area contributed by atoms with E-state index in [0.29, 0.717) is 37.3 Å². The zero-order valence-electron chi connectivity index (χ0n) is 26.2. The Balaban J connectivity index is 0.000000354. The fraction of sp³-hybridized carbons (Fsp3) is 0.533. The van der Waals surface area contributed by atoms with Crippen LogP contribution in [0.3, 0.4) is 0 Å². The Morgan fingerprint density at radius 1 is 0.696 bits per heavy atom. The van der Waals surface area contributed by atoms with Crippen LogP contribution in [0.1, 0.15) is 78.1 Å². The summed E-state index contributed by atoms with van der Waals surface area (Å²) in [6.45, 7) is 4.88. The average Bonchev–Trinajstić information content (AvgIpc) is 3.66. The van der Waals surface area contributed by atoms with Gasteiger partial charge in [0.1, 0.15) is 11.6 Å².